The van der Waals surface area contributed by atoms with Gasteiger partial charge in [0, 0.05) is 20.1 Å². The van der Waals surface area contributed by atoms with Crippen LogP contribution < -0.4 is 11.1 Å². The molecule has 2 atom stereocenters. The molecule has 0 spiro atoms. The van der Waals surface area contributed by atoms with E-state index in [1.54, 1.807) is 6.92 Å². The maximum Gasteiger partial charge on any atom is 0.326 e. The van der Waals surface area contributed by atoms with E-state index in [1.807, 2.05) is 0 Å². The third-order valence-corrected chi connectivity index (χ3v) is 3.13. The summed E-state index contributed by atoms with van der Waals surface area (Å²) in [6.45, 7) is 1.93. The molecule has 1 fully saturated rings. The Kier molecular flexibility index (Phi) is 4.47. The average molecular weight is 244 g/mol. The van der Waals surface area contributed by atoms with E-state index < -0.39 is 23.5 Å². The van der Waals surface area contributed by atoms with Crippen molar-refractivity contribution < 1.29 is 19.4 Å². The number of carbonyl (C=O) groups is 2. The lowest BCUT2D eigenvalue weighted by Crippen LogP contribution is -2.57. The number of rotatable bonds is 7. The van der Waals surface area contributed by atoms with Crippen LogP contribution in [0.15, 0.2) is 0 Å². The van der Waals surface area contributed by atoms with Gasteiger partial charge in [0.05, 0.1) is 5.54 Å². The summed E-state index contributed by atoms with van der Waals surface area (Å²) in [5, 5.41) is 11.4. The summed E-state index contributed by atoms with van der Waals surface area (Å²) in [6.07, 6.45) is 2.09. The third kappa shape index (κ3) is 3.67. The summed E-state index contributed by atoms with van der Waals surface area (Å²) in [6, 6.07) is -0.941. The van der Waals surface area contributed by atoms with Crippen LogP contribution in [0.3, 0.4) is 0 Å². The van der Waals surface area contributed by atoms with Gasteiger partial charge in [-0.25, -0.2) is 4.79 Å². The van der Waals surface area contributed by atoms with Crippen molar-refractivity contribution in [1.82, 2.24) is 5.32 Å². The third-order valence-electron chi connectivity index (χ3n) is 3.13. The lowest BCUT2D eigenvalue weighted by Gasteiger charge is -2.25. The second-order valence-electron chi connectivity index (χ2n) is 4.70. The second kappa shape index (κ2) is 5.46. The number of hydrogen-bond donors (Lipinski definition) is 3. The molecule has 1 rings (SSSR count). The molecule has 1 saturated carbocycles. The van der Waals surface area contributed by atoms with Crippen LogP contribution in [0.1, 0.15) is 26.2 Å². The zero-order valence-corrected chi connectivity index (χ0v) is 10.2. The van der Waals surface area contributed by atoms with E-state index in [-0.39, 0.29) is 18.9 Å². The number of hydrogen-bond acceptors (Lipinski definition) is 4. The molecule has 1 amide bonds. The number of nitrogens with two attached hydrogens (primary N) is 1. The minimum absolute atomic E-state index is 0.166. The molecule has 0 aromatic rings. The SMILES string of the molecule is COCCC(NC(=O)C(C)(N)C1CC1)C(=O)O. The van der Waals surface area contributed by atoms with Crippen molar-refractivity contribution in [2.75, 3.05) is 13.7 Å². The first-order chi connectivity index (χ1) is 7.89. The fourth-order valence-electron chi connectivity index (χ4n) is 1.68. The largest absolute Gasteiger partial charge is 0.480 e. The summed E-state index contributed by atoms with van der Waals surface area (Å²) in [4.78, 5) is 22.8. The van der Waals surface area contributed by atoms with E-state index in [9.17, 15) is 9.59 Å². The first-order valence-corrected chi connectivity index (χ1v) is 5.71. The highest BCUT2D eigenvalue weighted by molar-refractivity contribution is 5.90. The molecule has 98 valence electrons. The Morgan fingerprint density at radius 2 is 2.18 bits per heavy atom. The monoisotopic (exact) mass is 244 g/mol. The molecular formula is C11H20N2O4. The topological polar surface area (TPSA) is 102 Å². The summed E-state index contributed by atoms with van der Waals surface area (Å²) < 4.78 is 4.80. The molecule has 6 heteroatoms. The Labute approximate surface area is 101 Å². The Bertz CT molecular complexity index is 300. The minimum Gasteiger partial charge on any atom is -0.480 e. The fraction of sp³-hybridized carbons (Fsp3) is 0.818. The zero-order chi connectivity index (χ0) is 13.1. The summed E-state index contributed by atoms with van der Waals surface area (Å²) in [7, 11) is 1.48. The van der Waals surface area contributed by atoms with E-state index in [0.29, 0.717) is 0 Å². The van der Waals surface area contributed by atoms with Gasteiger partial charge in [-0.3, -0.25) is 4.79 Å². The summed E-state index contributed by atoms with van der Waals surface area (Å²) >= 11 is 0. The Morgan fingerprint density at radius 1 is 1.59 bits per heavy atom. The molecule has 1 aliphatic carbocycles. The molecular weight excluding hydrogens is 224 g/mol. The van der Waals surface area contributed by atoms with Crippen LogP contribution in [0.5, 0.6) is 0 Å². The maximum atomic E-state index is 11.9. The van der Waals surface area contributed by atoms with Crippen molar-refractivity contribution in [3.63, 3.8) is 0 Å². The van der Waals surface area contributed by atoms with Gasteiger partial charge >= 0.3 is 5.97 Å². The Morgan fingerprint density at radius 3 is 2.59 bits per heavy atom. The zero-order valence-electron chi connectivity index (χ0n) is 10.2. The smallest absolute Gasteiger partial charge is 0.326 e. The van der Waals surface area contributed by atoms with E-state index in [1.165, 1.54) is 7.11 Å². The lowest BCUT2D eigenvalue weighted by atomic mass is 9.95. The molecule has 0 aromatic carbocycles. The molecule has 0 saturated heterocycles. The number of carboxylic acid groups (broad SMARTS) is 1. The van der Waals surface area contributed by atoms with Gasteiger partial charge in [0.25, 0.3) is 0 Å². The normalized spacial score (nSPS) is 20.4. The number of nitrogens with one attached hydrogen (secondary N) is 1. The van der Waals surface area contributed by atoms with Crippen LogP contribution in [0.25, 0.3) is 0 Å². The van der Waals surface area contributed by atoms with Crippen molar-refractivity contribution >= 4 is 11.9 Å². The van der Waals surface area contributed by atoms with E-state index >= 15 is 0 Å². The van der Waals surface area contributed by atoms with Gasteiger partial charge in [-0.15, -0.1) is 0 Å². The summed E-state index contributed by atoms with van der Waals surface area (Å²) in [5.74, 6) is -1.30. The molecule has 6 nitrogen and oxygen atoms in total. The van der Waals surface area contributed by atoms with Crippen LogP contribution in [-0.4, -0.2) is 42.3 Å². The van der Waals surface area contributed by atoms with Crippen LogP contribution in [-0.2, 0) is 14.3 Å². The number of carbonyl (C=O) groups excluding carboxylic acids is 1. The predicted octanol–water partition coefficient (Wildman–Crippen LogP) is -0.280. The van der Waals surface area contributed by atoms with Crippen LogP contribution in [0, 0.1) is 5.92 Å². The standard InChI is InChI=1S/C11H20N2O4/c1-11(12,7-3-4-7)10(16)13-8(9(14)15)5-6-17-2/h7-8H,3-6,12H2,1-2H3,(H,13,16)(H,14,15). The van der Waals surface area contributed by atoms with Crippen molar-refractivity contribution in [2.45, 2.75) is 37.8 Å². The number of methoxy groups -OCH3 is 1. The van der Waals surface area contributed by atoms with Crippen LogP contribution in [0.2, 0.25) is 0 Å². The molecule has 1 aliphatic rings. The number of carboxylic acids is 1. The highest BCUT2D eigenvalue weighted by Gasteiger charge is 2.44. The number of amides is 1. The molecule has 0 radical (unpaired) electrons. The summed E-state index contributed by atoms with van der Waals surface area (Å²) in [5.41, 5.74) is 4.93. The van der Waals surface area contributed by atoms with E-state index in [4.69, 9.17) is 15.6 Å². The first-order valence-electron chi connectivity index (χ1n) is 5.71. The van der Waals surface area contributed by atoms with E-state index in [2.05, 4.69) is 5.32 Å². The molecule has 17 heavy (non-hydrogen) atoms. The molecule has 0 bridgehead atoms. The Balaban J connectivity index is 2.53. The molecule has 0 aromatic heterocycles. The lowest BCUT2D eigenvalue weighted by molar-refractivity contribution is -0.143. The van der Waals surface area contributed by atoms with Crippen LogP contribution >= 0.6 is 0 Å². The van der Waals surface area contributed by atoms with Crippen molar-refractivity contribution in [2.24, 2.45) is 11.7 Å². The molecule has 4 N–H and O–H groups in total. The van der Waals surface area contributed by atoms with Gasteiger partial charge in [-0.2, -0.15) is 0 Å². The fourth-order valence-corrected chi connectivity index (χ4v) is 1.68. The van der Waals surface area contributed by atoms with Gasteiger partial charge in [-0.1, -0.05) is 0 Å². The van der Waals surface area contributed by atoms with Crippen LogP contribution in [0.4, 0.5) is 0 Å². The molecule has 2 unspecified atom stereocenters. The van der Waals surface area contributed by atoms with Gasteiger partial charge in [0.15, 0.2) is 0 Å². The number of aliphatic carboxylic acids is 1. The highest BCUT2D eigenvalue weighted by Crippen LogP contribution is 2.38. The van der Waals surface area contributed by atoms with Gasteiger partial charge in [-0.05, 0) is 25.7 Å². The van der Waals surface area contributed by atoms with Gasteiger partial charge < -0.3 is 20.9 Å². The number of ether oxygens (including phenoxy) is 1. The van der Waals surface area contributed by atoms with Gasteiger partial charge in [0.2, 0.25) is 5.91 Å². The van der Waals surface area contributed by atoms with E-state index in [0.717, 1.165) is 12.8 Å². The molecule has 0 aliphatic heterocycles. The van der Waals surface area contributed by atoms with Crippen molar-refractivity contribution in [3.8, 4) is 0 Å². The first kappa shape index (κ1) is 13.9. The van der Waals surface area contributed by atoms with Gasteiger partial charge in [0.1, 0.15) is 6.04 Å². The van der Waals surface area contributed by atoms with Crippen molar-refractivity contribution in [1.29, 1.82) is 0 Å². The second-order valence-corrected chi connectivity index (χ2v) is 4.70. The quantitative estimate of drug-likeness (QED) is 0.571. The predicted molar refractivity (Wildman–Crippen MR) is 61.4 cm³/mol. The maximum absolute atomic E-state index is 11.9. The molecule has 0 heterocycles. The average Bonchev–Trinajstić information content (AvgIpc) is 3.06. The van der Waals surface area contributed by atoms with Crippen molar-refractivity contribution in [3.05, 3.63) is 0 Å². The highest BCUT2D eigenvalue weighted by atomic mass is 16.5. The minimum atomic E-state index is -1.07. The Hall–Kier alpha value is -1.14.